The van der Waals surface area contributed by atoms with E-state index in [4.69, 9.17) is 9.26 Å². The summed E-state index contributed by atoms with van der Waals surface area (Å²) in [5, 5.41) is 9.21. The topological polar surface area (TPSA) is 77.2 Å². The Morgan fingerprint density at radius 3 is 2.86 bits per heavy atom. The lowest BCUT2D eigenvalue weighted by Crippen LogP contribution is -2.49. The summed E-state index contributed by atoms with van der Waals surface area (Å²) in [6.07, 6.45) is 2.20. The van der Waals surface area contributed by atoms with Crippen molar-refractivity contribution >= 4 is 33.2 Å². The van der Waals surface area contributed by atoms with Gasteiger partial charge in [-0.15, -0.1) is 11.3 Å². The van der Waals surface area contributed by atoms with Gasteiger partial charge in [0.05, 0.1) is 10.4 Å². The summed E-state index contributed by atoms with van der Waals surface area (Å²) in [5.74, 6) is 1.01. The standard InChI is InChI=1S/C20H20BrN3O3S/c21-15-4-1-3-14(13-15)20(8-10-26-11-9-20)23-17(25)6-7-18-22-19(24-27-18)16-5-2-12-28-16/h1-5,12-13H,6-11H2,(H,23,25). The fraction of sp³-hybridized carbons (Fsp3) is 0.350. The van der Waals surface area contributed by atoms with Crippen molar-refractivity contribution < 1.29 is 14.1 Å². The molecular weight excluding hydrogens is 442 g/mol. The van der Waals surface area contributed by atoms with Gasteiger partial charge in [0.1, 0.15) is 0 Å². The lowest BCUT2D eigenvalue weighted by Gasteiger charge is -2.38. The molecule has 1 aromatic carbocycles. The number of thiophene rings is 1. The van der Waals surface area contributed by atoms with Crippen LogP contribution in [0.1, 0.15) is 30.7 Å². The van der Waals surface area contributed by atoms with Gasteiger partial charge in [0.2, 0.25) is 17.6 Å². The Labute approximate surface area is 175 Å². The maximum absolute atomic E-state index is 12.7. The zero-order valence-electron chi connectivity index (χ0n) is 15.2. The molecule has 4 rings (SSSR count). The molecule has 0 atom stereocenters. The first-order chi connectivity index (χ1) is 13.6. The number of carbonyl (C=O) groups excluding carboxylic acids is 1. The minimum absolute atomic E-state index is 0.0299. The Hall–Kier alpha value is -2.03. The van der Waals surface area contributed by atoms with Gasteiger partial charge in [0.25, 0.3) is 0 Å². The van der Waals surface area contributed by atoms with Crippen molar-refractivity contribution in [2.75, 3.05) is 13.2 Å². The highest BCUT2D eigenvalue weighted by molar-refractivity contribution is 9.10. The molecule has 2 aromatic heterocycles. The van der Waals surface area contributed by atoms with E-state index in [2.05, 4.69) is 43.5 Å². The number of amides is 1. The van der Waals surface area contributed by atoms with Crippen LogP contribution in [0.25, 0.3) is 10.7 Å². The van der Waals surface area contributed by atoms with Crippen LogP contribution in [0.2, 0.25) is 0 Å². The number of benzene rings is 1. The first-order valence-corrected chi connectivity index (χ1v) is 10.8. The normalized spacial score (nSPS) is 16.0. The molecule has 0 aliphatic carbocycles. The first-order valence-electron chi connectivity index (χ1n) is 9.16. The van der Waals surface area contributed by atoms with Gasteiger partial charge in [-0.2, -0.15) is 4.98 Å². The van der Waals surface area contributed by atoms with Crippen molar-refractivity contribution in [3.8, 4) is 10.7 Å². The van der Waals surface area contributed by atoms with Crippen LogP contribution in [0.15, 0.2) is 50.8 Å². The lowest BCUT2D eigenvalue weighted by atomic mass is 9.82. The number of hydrogen-bond donors (Lipinski definition) is 1. The Balaban J connectivity index is 1.42. The Bertz CT molecular complexity index is 936. The second-order valence-electron chi connectivity index (χ2n) is 6.74. The third-order valence-corrected chi connectivity index (χ3v) is 6.24. The zero-order chi connectivity index (χ0) is 19.4. The first kappa shape index (κ1) is 19.3. The Morgan fingerprint density at radius 2 is 2.11 bits per heavy atom. The highest BCUT2D eigenvalue weighted by Crippen LogP contribution is 2.33. The molecular formula is C20H20BrN3O3S. The van der Waals surface area contributed by atoms with Gasteiger partial charge >= 0.3 is 0 Å². The number of rotatable bonds is 6. The van der Waals surface area contributed by atoms with E-state index in [1.165, 1.54) is 0 Å². The minimum atomic E-state index is -0.407. The smallest absolute Gasteiger partial charge is 0.227 e. The van der Waals surface area contributed by atoms with E-state index in [0.717, 1.165) is 27.8 Å². The van der Waals surface area contributed by atoms with Gasteiger partial charge in [-0.3, -0.25) is 4.79 Å². The van der Waals surface area contributed by atoms with Crippen molar-refractivity contribution in [2.45, 2.75) is 31.2 Å². The Morgan fingerprint density at radius 1 is 1.25 bits per heavy atom. The van der Waals surface area contributed by atoms with E-state index >= 15 is 0 Å². The monoisotopic (exact) mass is 461 g/mol. The fourth-order valence-corrected chi connectivity index (χ4v) is 4.45. The molecule has 1 saturated heterocycles. The average Bonchev–Trinajstić information content (AvgIpc) is 3.39. The maximum atomic E-state index is 12.7. The van der Waals surface area contributed by atoms with Gasteiger partial charge in [0, 0.05) is 30.5 Å². The number of aryl methyl sites for hydroxylation is 1. The van der Waals surface area contributed by atoms with Crippen LogP contribution >= 0.6 is 27.3 Å². The number of ether oxygens (including phenoxy) is 1. The summed E-state index contributed by atoms with van der Waals surface area (Å²) in [5.41, 5.74) is 0.687. The van der Waals surface area contributed by atoms with Crippen LogP contribution in [0.3, 0.4) is 0 Å². The third-order valence-electron chi connectivity index (χ3n) is 4.88. The second-order valence-corrected chi connectivity index (χ2v) is 8.61. The maximum Gasteiger partial charge on any atom is 0.227 e. The van der Waals surface area contributed by atoms with Crippen LogP contribution in [0.5, 0.6) is 0 Å². The number of nitrogens with zero attached hydrogens (tertiary/aromatic N) is 2. The summed E-state index contributed by atoms with van der Waals surface area (Å²) < 4.78 is 11.8. The van der Waals surface area contributed by atoms with E-state index < -0.39 is 5.54 Å². The number of nitrogens with one attached hydrogen (secondary N) is 1. The zero-order valence-corrected chi connectivity index (χ0v) is 17.6. The average molecular weight is 462 g/mol. The molecule has 28 heavy (non-hydrogen) atoms. The van der Waals surface area contributed by atoms with E-state index in [9.17, 15) is 4.79 Å². The van der Waals surface area contributed by atoms with E-state index in [-0.39, 0.29) is 5.91 Å². The molecule has 1 N–H and O–H groups in total. The fourth-order valence-electron chi connectivity index (χ4n) is 3.40. The summed E-state index contributed by atoms with van der Waals surface area (Å²) in [7, 11) is 0. The van der Waals surface area contributed by atoms with Crippen LogP contribution in [0, 0.1) is 0 Å². The van der Waals surface area contributed by atoms with E-state index in [0.29, 0.717) is 37.8 Å². The number of hydrogen-bond acceptors (Lipinski definition) is 6. The highest BCUT2D eigenvalue weighted by atomic mass is 79.9. The van der Waals surface area contributed by atoms with Gasteiger partial charge in [-0.25, -0.2) is 0 Å². The predicted octanol–water partition coefficient (Wildman–Crippen LogP) is 4.32. The third kappa shape index (κ3) is 4.34. The molecule has 0 bridgehead atoms. The molecule has 3 aromatic rings. The van der Waals surface area contributed by atoms with E-state index in [1.54, 1.807) is 11.3 Å². The molecule has 1 amide bonds. The SMILES string of the molecule is O=C(CCc1nc(-c2cccs2)no1)NC1(c2cccc(Br)c2)CCOCC1. The Kier molecular flexibility index (Phi) is 5.89. The number of carbonyl (C=O) groups is 1. The van der Waals surface area contributed by atoms with E-state index in [1.807, 2.05) is 29.6 Å². The quantitative estimate of drug-likeness (QED) is 0.591. The molecule has 0 spiro atoms. The largest absolute Gasteiger partial charge is 0.381 e. The van der Waals surface area contributed by atoms with Crippen LogP contribution in [-0.4, -0.2) is 29.3 Å². The van der Waals surface area contributed by atoms with Crippen molar-refractivity contribution in [2.24, 2.45) is 0 Å². The highest BCUT2D eigenvalue weighted by Gasteiger charge is 2.36. The van der Waals surface area contributed by atoms with Crippen molar-refractivity contribution in [1.29, 1.82) is 0 Å². The van der Waals surface area contributed by atoms with Gasteiger partial charge in [-0.1, -0.05) is 39.3 Å². The molecule has 0 radical (unpaired) electrons. The van der Waals surface area contributed by atoms with Crippen LogP contribution in [-0.2, 0) is 21.5 Å². The molecule has 6 nitrogen and oxygen atoms in total. The minimum Gasteiger partial charge on any atom is -0.381 e. The molecule has 3 heterocycles. The van der Waals surface area contributed by atoms with Crippen LogP contribution in [0.4, 0.5) is 0 Å². The van der Waals surface area contributed by atoms with Crippen molar-refractivity contribution in [3.63, 3.8) is 0 Å². The molecule has 0 unspecified atom stereocenters. The number of aromatic nitrogens is 2. The summed E-state index contributed by atoms with van der Waals surface area (Å²) in [4.78, 5) is 18.1. The summed E-state index contributed by atoms with van der Waals surface area (Å²) in [6.45, 7) is 1.25. The van der Waals surface area contributed by atoms with Crippen molar-refractivity contribution in [3.05, 3.63) is 57.7 Å². The van der Waals surface area contributed by atoms with Gasteiger partial charge < -0.3 is 14.6 Å². The van der Waals surface area contributed by atoms with Gasteiger partial charge in [-0.05, 0) is 42.0 Å². The number of halogens is 1. The predicted molar refractivity (Wildman–Crippen MR) is 110 cm³/mol. The summed E-state index contributed by atoms with van der Waals surface area (Å²) >= 11 is 5.08. The lowest BCUT2D eigenvalue weighted by molar-refractivity contribution is -0.124. The molecule has 1 aliphatic rings. The second kappa shape index (κ2) is 8.55. The molecule has 1 aliphatic heterocycles. The summed E-state index contributed by atoms with van der Waals surface area (Å²) in [6, 6.07) is 12.0. The molecule has 0 saturated carbocycles. The molecule has 146 valence electrons. The van der Waals surface area contributed by atoms with Gasteiger partial charge in [0.15, 0.2) is 0 Å². The van der Waals surface area contributed by atoms with Crippen LogP contribution < -0.4 is 5.32 Å². The van der Waals surface area contributed by atoms with Crippen molar-refractivity contribution in [1.82, 2.24) is 15.5 Å². The molecule has 1 fully saturated rings. The molecule has 8 heteroatoms.